The van der Waals surface area contributed by atoms with E-state index in [0.717, 1.165) is 37.3 Å². The first kappa shape index (κ1) is 16.7. The lowest BCUT2D eigenvalue weighted by molar-refractivity contribution is -0.143. The molecule has 2 aliphatic rings. The molecule has 0 radical (unpaired) electrons. The molecule has 0 aromatic carbocycles. The van der Waals surface area contributed by atoms with E-state index in [0.29, 0.717) is 13.1 Å². The van der Waals surface area contributed by atoms with Crippen molar-refractivity contribution >= 4 is 23.3 Å². The average molecular weight is 332 g/mol. The number of ether oxygens (including phenoxy) is 1. The summed E-state index contributed by atoms with van der Waals surface area (Å²) in [4.78, 5) is 35.1. The highest BCUT2D eigenvalue weighted by atomic mass is 16.5. The molecule has 1 unspecified atom stereocenters. The van der Waals surface area contributed by atoms with E-state index in [4.69, 9.17) is 4.74 Å². The van der Waals surface area contributed by atoms with Gasteiger partial charge in [-0.05, 0) is 31.4 Å². The van der Waals surface area contributed by atoms with Crippen LogP contribution in [0.25, 0.3) is 0 Å². The summed E-state index contributed by atoms with van der Waals surface area (Å²) in [5.74, 6) is 0.653. The molecule has 0 spiro atoms. The number of pyridine rings is 1. The van der Waals surface area contributed by atoms with E-state index < -0.39 is 6.10 Å². The highest BCUT2D eigenvalue weighted by Crippen LogP contribution is 2.29. The van der Waals surface area contributed by atoms with Gasteiger partial charge < -0.3 is 19.4 Å². The smallest absolute Gasteiger partial charge is 0.252 e. The van der Waals surface area contributed by atoms with Gasteiger partial charge in [0.25, 0.3) is 5.91 Å². The standard InChI is InChI=1S/C17H24N4O3/c1-19-10-11-21(13-6-5-8-18-16(13)19)15(22)12-20-9-4-3-7-14(24-2)17(20)23/h5-6,8,14H,3-4,7,9-12H2,1-2H3. The van der Waals surface area contributed by atoms with Crippen LogP contribution in [0.5, 0.6) is 0 Å². The van der Waals surface area contributed by atoms with Crippen molar-refractivity contribution in [1.82, 2.24) is 9.88 Å². The highest BCUT2D eigenvalue weighted by molar-refractivity contribution is 6.00. The van der Waals surface area contributed by atoms with Gasteiger partial charge in [-0.3, -0.25) is 9.59 Å². The molecule has 0 aliphatic carbocycles. The minimum atomic E-state index is -0.429. The second kappa shape index (κ2) is 7.17. The number of carbonyl (C=O) groups is 2. The SMILES string of the molecule is COC1CCCCN(CC(=O)N2CCN(C)c3ncccc32)C1=O. The van der Waals surface area contributed by atoms with Crippen LogP contribution in [0.4, 0.5) is 11.5 Å². The highest BCUT2D eigenvalue weighted by Gasteiger charge is 2.31. The van der Waals surface area contributed by atoms with Crippen LogP contribution >= 0.6 is 0 Å². The van der Waals surface area contributed by atoms with Crippen molar-refractivity contribution in [3.8, 4) is 0 Å². The lowest BCUT2D eigenvalue weighted by Gasteiger charge is -2.35. The molecule has 130 valence electrons. The number of methoxy groups -OCH3 is 1. The summed E-state index contributed by atoms with van der Waals surface area (Å²) >= 11 is 0. The van der Waals surface area contributed by atoms with Crippen LogP contribution in [0.1, 0.15) is 19.3 Å². The summed E-state index contributed by atoms with van der Waals surface area (Å²) in [6.45, 7) is 2.03. The molecular formula is C17H24N4O3. The minimum absolute atomic E-state index is 0.0672. The molecule has 1 aromatic heterocycles. The van der Waals surface area contributed by atoms with E-state index in [2.05, 4.69) is 4.98 Å². The van der Waals surface area contributed by atoms with Crippen LogP contribution in [-0.2, 0) is 14.3 Å². The number of aromatic nitrogens is 1. The number of fused-ring (bicyclic) bond motifs is 1. The zero-order valence-electron chi connectivity index (χ0n) is 14.3. The van der Waals surface area contributed by atoms with Gasteiger partial charge in [-0.1, -0.05) is 0 Å². The summed E-state index contributed by atoms with van der Waals surface area (Å²) in [7, 11) is 3.52. The first-order valence-corrected chi connectivity index (χ1v) is 8.40. The van der Waals surface area contributed by atoms with Gasteiger partial charge in [0.05, 0.1) is 5.69 Å². The van der Waals surface area contributed by atoms with E-state index in [1.165, 1.54) is 0 Å². The van der Waals surface area contributed by atoms with Crippen LogP contribution < -0.4 is 9.80 Å². The Labute approximate surface area is 142 Å². The number of hydrogen-bond acceptors (Lipinski definition) is 5. The average Bonchev–Trinajstić information content (AvgIpc) is 2.77. The normalized spacial score (nSPS) is 21.5. The van der Waals surface area contributed by atoms with Crippen LogP contribution in [-0.4, -0.2) is 68.1 Å². The van der Waals surface area contributed by atoms with Gasteiger partial charge in [-0.15, -0.1) is 0 Å². The first-order valence-electron chi connectivity index (χ1n) is 8.40. The van der Waals surface area contributed by atoms with Crippen molar-refractivity contribution in [2.45, 2.75) is 25.4 Å². The van der Waals surface area contributed by atoms with Crippen LogP contribution in [0.2, 0.25) is 0 Å². The Kier molecular flexibility index (Phi) is 4.99. The number of rotatable bonds is 3. The molecule has 7 nitrogen and oxygen atoms in total. The maximum absolute atomic E-state index is 12.8. The molecule has 1 saturated heterocycles. The molecule has 2 amide bonds. The van der Waals surface area contributed by atoms with Gasteiger partial charge in [0, 0.05) is 40.0 Å². The molecule has 0 N–H and O–H groups in total. The predicted octanol–water partition coefficient (Wildman–Crippen LogP) is 0.892. The van der Waals surface area contributed by atoms with E-state index in [-0.39, 0.29) is 18.4 Å². The quantitative estimate of drug-likeness (QED) is 0.822. The number of amides is 2. The van der Waals surface area contributed by atoms with E-state index in [1.54, 1.807) is 23.1 Å². The van der Waals surface area contributed by atoms with Crippen LogP contribution in [0.15, 0.2) is 18.3 Å². The maximum Gasteiger partial charge on any atom is 0.252 e. The third kappa shape index (κ3) is 3.21. The van der Waals surface area contributed by atoms with Crippen molar-refractivity contribution in [2.75, 3.05) is 50.1 Å². The number of carbonyl (C=O) groups excluding carboxylic acids is 2. The Bertz CT molecular complexity index is 622. The Balaban J connectivity index is 1.75. The molecule has 1 atom stereocenters. The fourth-order valence-corrected chi connectivity index (χ4v) is 3.32. The third-order valence-corrected chi connectivity index (χ3v) is 4.72. The van der Waals surface area contributed by atoms with Crippen molar-refractivity contribution in [2.24, 2.45) is 0 Å². The largest absolute Gasteiger partial charge is 0.372 e. The zero-order chi connectivity index (χ0) is 17.1. The summed E-state index contributed by atoms with van der Waals surface area (Å²) in [5.41, 5.74) is 0.807. The Morgan fingerprint density at radius 1 is 1.33 bits per heavy atom. The van der Waals surface area contributed by atoms with Crippen LogP contribution in [0.3, 0.4) is 0 Å². The number of hydrogen-bond donors (Lipinski definition) is 0. The fourth-order valence-electron chi connectivity index (χ4n) is 3.32. The molecule has 1 aromatic rings. The minimum Gasteiger partial charge on any atom is -0.372 e. The van der Waals surface area contributed by atoms with Gasteiger partial charge in [0.15, 0.2) is 5.82 Å². The molecule has 0 bridgehead atoms. The molecule has 0 saturated carbocycles. The van der Waals surface area contributed by atoms with Crippen LogP contribution in [0, 0.1) is 0 Å². The number of nitrogens with zero attached hydrogens (tertiary/aromatic N) is 4. The summed E-state index contributed by atoms with van der Waals surface area (Å²) in [6.07, 6.45) is 3.86. The molecule has 3 rings (SSSR count). The van der Waals surface area contributed by atoms with Gasteiger partial charge >= 0.3 is 0 Å². The molecule has 24 heavy (non-hydrogen) atoms. The number of anilines is 2. The maximum atomic E-state index is 12.8. The fraction of sp³-hybridized carbons (Fsp3) is 0.588. The van der Waals surface area contributed by atoms with Crippen molar-refractivity contribution < 1.29 is 14.3 Å². The van der Waals surface area contributed by atoms with E-state index in [9.17, 15) is 9.59 Å². The predicted molar refractivity (Wildman–Crippen MR) is 91.1 cm³/mol. The second-order valence-electron chi connectivity index (χ2n) is 6.29. The van der Waals surface area contributed by atoms with Gasteiger partial charge in [-0.25, -0.2) is 4.98 Å². The van der Waals surface area contributed by atoms with Crippen molar-refractivity contribution in [3.05, 3.63) is 18.3 Å². The van der Waals surface area contributed by atoms with Crippen molar-refractivity contribution in [1.29, 1.82) is 0 Å². The number of likely N-dealkylation sites (N-methyl/N-ethyl adjacent to an activating group) is 1. The molecular weight excluding hydrogens is 308 g/mol. The molecule has 1 fully saturated rings. The summed E-state index contributed by atoms with van der Waals surface area (Å²) in [6, 6.07) is 3.73. The second-order valence-corrected chi connectivity index (χ2v) is 6.29. The molecule has 7 heteroatoms. The topological polar surface area (TPSA) is 66.0 Å². The third-order valence-electron chi connectivity index (χ3n) is 4.72. The Morgan fingerprint density at radius 2 is 2.17 bits per heavy atom. The Morgan fingerprint density at radius 3 is 2.96 bits per heavy atom. The van der Waals surface area contributed by atoms with Gasteiger partial charge in [0.2, 0.25) is 5.91 Å². The lowest BCUT2D eigenvalue weighted by Crippen LogP contribution is -2.49. The lowest BCUT2D eigenvalue weighted by atomic mass is 10.2. The summed E-state index contributed by atoms with van der Waals surface area (Å²) < 4.78 is 5.28. The van der Waals surface area contributed by atoms with E-state index in [1.807, 2.05) is 24.1 Å². The van der Waals surface area contributed by atoms with Gasteiger partial charge in [-0.2, -0.15) is 0 Å². The Hall–Kier alpha value is -2.15. The van der Waals surface area contributed by atoms with Crippen molar-refractivity contribution in [3.63, 3.8) is 0 Å². The molecule has 2 aliphatic heterocycles. The first-order chi connectivity index (χ1) is 11.6. The summed E-state index contributed by atoms with van der Waals surface area (Å²) in [5, 5.41) is 0. The number of likely N-dealkylation sites (tertiary alicyclic amines) is 1. The van der Waals surface area contributed by atoms with E-state index >= 15 is 0 Å². The molecule has 3 heterocycles. The monoisotopic (exact) mass is 332 g/mol. The van der Waals surface area contributed by atoms with Gasteiger partial charge in [0.1, 0.15) is 12.6 Å². The zero-order valence-corrected chi connectivity index (χ0v) is 14.3.